The van der Waals surface area contributed by atoms with Gasteiger partial charge in [-0.1, -0.05) is 23.7 Å². The molecule has 6 heteroatoms. The van der Waals surface area contributed by atoms with Crippen molar-refractivity contribution in [3.05, 3.63) is 34.9 Å². The molecule has 0 unspecified atom stereocenters. The van der Waals surface area contributed by atoms with Crippen LogP contribution >= 0.6 is 24.0 Å². The summed E-state index contributed by atoms with van der Waals surface area (Å²) < 4.78 is 5.52. The summed E-state index contributed by atoms with van der Waals surface area (Å²) in [6.07, 6.45) is 2.47. The lowest BCUT2D eigenvalue weighted by molar-refractivity contribution is -0.141. The summed E-state index contributed by atoms with van der Waals surface area (Å²) in [6, 6.07) is 7.77. The first-order valence-corrected chi connectivity index (χ1v) is 8.44. The lowest BCUT2D eigenvalue weighted by Crippen LogP contribution is -2.50. The Labute approximate surface area is 148 Å². The third-order valence-corrected chi connectivity index (χ3v) is 5.00. The average Bonchev–Trinajstić information content (AvgIpc) is 2.84. The minimum atomic E-state index is -0.479. The van der Waals surface area contributed by atoms with E-state index < -0.39 is 5.41 Å². The number of hydrogen-bond acceptors (Lipinski definition) is 3. The second-order valence-electron chi connectivity index (χ2n) is 6.10. The Morgan fingerprint density at radius 2 is 2.00 bits per heavy atom. The lowest BCUT2D eigenvalue weighted by Gasteiger charge is -2.40. The number of carbonyl (C=O) groups excluding carboxylic acids is 1. The summed E-state index contributed by atoms with van der Waals surface area (Å²) in [6.45, 7) is 4.72. The van der Waals surface area contributed by atoms with Crippen LogP contribution in [0.15, 0.2) is 24.3 Å². The van der Waals surface area contributed by atoms with Crippen molar-refractivity contribution in [1.82, 2.24) is 10.2 Å². The molecule has 0 atom stereocenters. The minimum Gasteiger partial charge on any atom is -0.381 e. The fourth-order valence-corrected chi connectivity index (χ4v) is 3.67. The van der Waals surface area contributed by atoms with Gasteiger partial charge < -0.3 is 15.0 Å². The topological polar surface area (TPSA) is 41.6 Å². The van der Waals surface area contributed by atoms with Crippen molar-refractivity contribution in [3.63, 3.8) is 0 Å². The zero-order valence-corrected chi connectivity index (χ0v) is 14.8. The van der Waals surface area contributed by atoms with E-state index in [1.54, 1.807) is 0 Å². The lowest BCUT2D eigenvalue weighted by atomic mass is 9.73. The molecule has 0 spiro atoms. The Morgan fingerprint density at radius 1 is 1.22 bits per heavy atom. The molecular weight excluding hydrogens is 335 g/mol. The maximum absolute atomic E-state index is 13.3. The second-order valence-corrected chi connectivity index (χ2v) is 6.54. The number of amides is 1. The van der Waals surface area contributed by atoms with Crippen LogP contribution in [0.5, 0.6) is 0 Å². The van der Waals surface area contributed by atoms with Crippen LogP contribution in [0.4, 0.5) is 0 Å². The van der Waals surface area contributed by atoms with Crippen LogP contribution in [0, 0.1) is 0 Å². The van der Waals surface area contributed by atoms with Gasteiger partial charge in [0.1, 0.15) is 0 Å². The number of hydrogen-bond donors (Lipinski definition) is 1. The van der Waals surface area contributed by atoms with Crippen molar-refractivity contribution in [2.75, 3.05) is 39.4 Å². The Kier molecular flexibility index (Phi) is 6.72. The van der Waals surface area contributed by atoms with Gasteiger partial charge in [0.15, 0.2) is 0 Å². The predicted octanol–water partition coefficient (Wildman–Crippen LogP) is 2.63. The van der Waals surface area contributed by atoms with Gasteiger partial charge in [0.25, 0.3) is 0 Å². The summed E-state index contributed by atoms with van der Waals surface area (Å²) in [5.41, 5.74) is 0.554. The fourth-order valence-electron chi connectivity index (χ4n) is 3.48. The standard InChI is InChI=1S/C17H23ClN2O2.ClH/c18-15-4-1-3-14(13-15)17(5-11-22-12-6-17)16(21)20-9-2-7-19-8-10-20;/h1,3-4,13,19H,2,5-12H2;1H. The molecule has 2 fully saturated rings. The van der Waals surface area contributed by atoms with Crippen molar-refractivity contribution in [2.24, 2.45) is 0 Å². The molecule has 0 saturated carbocycles. The van der Waals surface area contributed by atoms with E-state index in [9.17, 15) is 4.79 Å². The normalized spacial score (nSPS) is 21.2. The first kappa shape index (κ1) is 18.5. The number of nitrogens with one attached hydrogen (secondary N) is 1. The summed E-state index contributed by atoms with van der Waals surface area (Å²) in [7, 11) is 0. The molecule has 1 aromatic rings. The number of halogens is 2. The summed E-state index contributed by atoms with van der Waals surface area (Å²) in [5, 5.41) is 4.05. The van der Waals surface area contributed by atoms with E-state index >= 15 is 0 Å². The van der Waals surface area contributed by atoms with Gasteiger partial charge >= 0.3 is 0 Å². The van der Waals surface area contributed by atoms with Gasteiger partial charge in [0.2, 0.25) is 5.91 Å². The Hall–Kier alpha value is -0.810. The molecule has 1 N–H and O–H groups in total. The molecule has 128 valence electrons. The largest absolute Gasteiger partial charge is 0.381 e. The van der Waals surface area contributed by atoms with Gasteiger partial charge in [-0.25, -0.2) is 0 Å². The Morgan fingerprint density at radius 3 is 2.74 bits per heavy atom. The molecule has 2 aliphatic rings. The highest BCUT2D eigenvalue weighted by molar-refractivity contribution is 6.30. The van der Waals surface area contributed by atoms with Gasteiger partial charge in [-0.15, -0.1) is 12.4 Å². The van der Waals surface area contributed by atoms with Gasteiger partial charge in [0.05, 0.1) is 5.41 Å². The van der Waals surface area contributed by atoms with Gasteiger partial charge in [-0.05, 0) is 43.5 Å². The number of carbonyl (C=O) groups is 1. The van der Waals surface area contributed by atoms with E-state index in [1.165, 1.54) is 0 Å². The van der Waals surface area contributed by atoms with Gasteiger partial charge in [-0.3, -0.25) is 4.79 Å². The van der Waals surface area contributed by atoms with Gasteiger partial charge in [-0.2, -0.15) is 0 Å². The highest BCUT2D eigenvalue weighted by Crippen LogP contribution is 2.37. The molecule has 1 aromatic carbocycles. The highest BCUT2D eigenvalue weighted by atomic mass is 35.5. The Balaban J connectivity index is 0.00000192. The molecular formula is C17H24Cl2N2O2. The van der Waals surface area contributed by atoms with E-state index in [0.29, 0.717) is 18.2 Å². The number of nitrogens with zero attached hydrogens (tertiary/aromatic N) is 1. The van der Waals surface area contributed by atoms with E-state index in [2.05, 4.69) is 5.32 Å². The quantitative estimate of drug-likeness (QED) is 0.883. The zero-order valence-electron chi connectivity index (χ0n) is 13.2. The van der Waals surface area contributed by atoms with Crippen molar-refractivity contribution in [2.45, 2.75) is 24.7 Å². The summed E-state index contributed by atoms with van der Waals surface area (Å²) >= 11 is 6.18. The predicted molar refractivity (Wildman–Crippen MR) is 94.5 cm³/mol. The number of rotatable bonds is 2. The number of benzene rings is 1. The monoisotopic (exact) mass is 358 g/mol. The second kappa shape index (κ2) is 8.34. The van der Waals surface area contributed by atoms with Crippen LogP contribution in [0.1, 0.15) is 24.8 Å². The van der Waals surface area contributed by atoms with E-state index in [-0.39, 0.29) is 18.3 Å². The molecule has 0 radical (unpaired) electrons. The highest BCUT2D eigenvalue weighted by Gasteiger charge is 2.44. The van der Waals surface area contributed by atoms with Crippen LogP contribution in [0.25, 0.3) is 0 Å². The van der Waals surface area contributed by atoms with Crippen LogP contribution in [0.3, 0.4) is 0 Å². The van der Waals surface area contributed by atoms with E-state index in [4.69, 9.17) is 16.3 Å². The molecule has 3 rings (SSSR count). The fraction of sp³-hybridized carbons (Fsp3) is 0.588. The van der Waals surface area contributed by atoms with Crippen LogP contribution in [-0.4, -0.2) is 50.2 Å². The first-order chi connectivity index (χ1) is 10.7. The summed E-state index contributed by atoms with van der Waals surface area (Å²) in [4.78, 5) is 15.4. The SMILES string of the molecule is Cl.O=C(N1CCCNCC1)C1(c2cccc(Cl)c2)CCOCC1. The third-order valence-electron chi connectivity index (χ3n) is 4.76. The van der Waals surface area contributed by atoms with Crippen molar-refractivity contribution in [1.29, 1.82) is 0 Å². The van der Waals surface area contributed by atoms with E-state index in [1.807, 2.05) is 29.2 Å². The summed E-state index contributed by atoms with van der Waals surface area (Å²) in [5.74, 6) is 0.238. The van der Waals surface area contributed by atoms with E-state index in [0.717, 1.165) is 51.0 Å². The zero-order chi connectivity index (χ0) is 15.4. The first-order valence-electron chi connectivity index (χ1n) is 8.06. The molecule has 2 heterocycles. The Bertz CT molecular complexity index is 525. The van der Waals surface area contributed by atoms with Crippen molar-refractivity contribution < 1.29 is 9.53 Å². The molecule has 0 aliphatic carbocycles. The maximum Gasteiger partial charge on any atom is 0.233 e. The minimum absolute atomic E-state index is 0. The molecule has 2 saturated heterocycles. The van der Waals surface area contributed by atoms with Crippen molar-refractivity contribution >= 4 is 29.9 Å². The van der Waals surface area contributed by atoms with Crippen LogP contribution in [-0.2, 0) is 14.9 Å². The molecule has 4 nitrogen and oxygen atoms in total. The number of ether oxygens (including phenoxy) is 1. The molecule has 1 amide bonds. The molecule has 0 bridgehead atoms. The maximum atomic E-state index is 13.3. The molecule has 2 aliphatic heterocycles. The van der Waals surface area contributed by atoms with Crippen LogP contribution in [0.2, 0.25) is 5.02 Å². The molecule has 23 heavy (non-hydrogen) atoms. The van der Waals surface area contributed by atoms with Gasteiger partial charge in [0, 0.05) is 37.9 Å². The average molecular weight is 359 g/mol. The smallest absolute Gasteiger partial charge is 0.233 e. The molecule has 0 aromatic heterocycles. The third kappa shape index (κ3) is 4.00. The van der Waals surface area contributed by atoms with Crippen molar-refractivity contribution in [3.8, 4) is 0 Å². The van der Waals surface area contributed by atoms with Crippen LogP contribution < -0.4 is 5.32 Å².